The van der Waals surface area contributed by atoms with Crippen molar-refractivity contribution in [2.45, 2.75) is 44.0 Å². The Morgan fingerprint density at radius 3 is 2.59 bits per heavy atom. The van der Waals surface area contributed by atoms with E-state index in [0.29, 0.717) is 22.7 Å². The van der Waals surface area contributed by atoms with E-state index in [9.17, 15) is 34.8 Å². The van der Waals surface area contributed by atoms with Crippen LogP contribution >= 0.6 is 11.6 Å². The van der Waals surface area contributed by atoms with E-state index < -0.39 is 58.0 Å². The summed E-state index contributed by atoms with van der Waals surface area (Å²) in [6.45, 7) is 1.99. The summed E-state index contributed by atoms with van der Waals surface area (Å²) >= 11 is 6.90. The van der Waals surface area contributed by atoms with Crippen LogP contribution < -0.4 is 11.1 Å². The van der Waals surface area contributed by atoms with E-state index in [0.717, 1.165) is 19.5 Å². The number of hydrogen-bond donors (Lipinski definition) is 6. The number of phenolic OH excluding ortho intramolecular Hbond substituents is 1. The van der Waals surface area contributed by atoms with Crippen molar-refractivity contribution in [1.29, 1.82) is 0 Å². The number of nitrogens with two attached hydrogens (primary N) is 1. The minimum absolute atomic E-state index is 0.00134. The molecule has 7 N–H and O–H groups in total. The predicted octanol–water partition coefficient (Wildman–Crippen LogP) is 1.83. The van der Waals surface area contributed by atoms with Gasteiger partial charge in [0.05, 0.1) is 11.6 Å². The number of nitrogens with zero attached hydrogens (tertiary/aromatic N) is 1. The van der Waals surface area contributed by atoms with Crippen LogP contribution in [0.1, 0.15) is 34.2 Å². The molecule has 4 atom stereocenters. The molecule has 11 heteroatoms. The molecule has 0 bridgehead atoms. The van der Waals surface area contributed by atoms with Crippen molar-refractivity contribution < 1.29 is 34.8 Å². The number of halogens is 1. The van der Waals surface area contributed by atoms with Gasteiger partial charge in [0, 0.05) is 36.1 Å². The molecular formula is C30H30ClN3O7. The van der Waals surface area contributed by atoms with Crippen molar-refractivity contribution in [2.24, 2.45) is 17.6 Å². The topological polar surface area (TPSA) is 173 Å². The maximum absolute atomic E-state index is 13.8. The Morgan fingerprint density at radius 1 is 1.20 bits per heavy atom. The van der Waals surface area contributed by atoms with Crippen molar-refractivity contribution in [1.82, 2.24) is 10.2 Å². The second kappa shape index (κ2) is 9.70. The summed E-state index contributed by atoms with van der Waals surface area (Å²) in [6.07, 6.45) is 1.03. The first-order valence-corrected chi connectivity index (χ1v) is 13.8. The second-order valence-corrected chi connectivity index (χ2v) is 11.6. The lowest BCUT2D eigenvalue weighted by molar-refractivity contribution is -0.150. The molecule has 1 fully saturated rings. The van der Waals surface area contributed by atoms with E-state index in [1.165, 1.54) is 24.2 Å². The van der Waals surface area contributed by atoms with Gasteiger partial charge in [-0.2, -0.15) is 0 Å². The molecule has 6 rings (SSSR count). The fraction of sp³-hybridized carbons (Fsp3) is 0.367. The van der Waals surface area contributed by atoms with Crippen LogP contribution in [0.3, 0.4) is 0 Å². The number of carbonyl (C=O) groups is 3. The Bertz CT molecular complexity index is 1600. The fourth-order valence-electron chi connectivity index (χ4n) is 7.16. The van der Waals surface area contributed by atoms with Gasteiger partial charge in [-0.1, -0.05) is 35.9 Å². The molecule has 2 aromatic rings. The number of aliphatic hydroxyl groups excluding tert-OH is 2. The van der Waals surface area contributed by atoms with Gasteiger partial charge >= 0.3 is 0 Å². The number of rotatable bonds is 4. The number of aliphatic hydroxyl groups is 3. The van der Waals surface area contributed by atoms with Gasteiger partial charge < -0.3 is 31.5 Å². The molecule has 2 aromatic carbocycles. The summed E-state index contributed by atoms with van der Waals surface area (Å²) in [5, 5.41) is 48.0. The molecule has 214 valence electrons. The molecule has 1 heterocycles. The Morgan fingerprint density at radius 2 is 1.90 bits per heavy atom. The number of phenols is 1. The molecule has 4 aliphatic rings. The largest absolute Gasteiger partial charge is 0.508 e. The predicted molar refractivity (Wildman–Crippen MR) is 149 cm³/mol. The van der Waals surface area contributed by atoms with Crippen molar-refractivity contribution in [3.05, 3.63) is 80.1 Å². The second-order valence-electron chi connectivity index (χ2n) is 11.3. The molecule has 1 amide bonds. The molecule has 0 saturated heterocycles. The van der Waals surface area contributed by atoms with E-state index in [1.54, 1.807) is 0 Å². The number of Topliss-reactive ketones (excluding diaryl/α,β-unsaturated/α-hetero) is 2. The highest BCUT2D eigenvalue weighted by molar-refractivity contribution is 6.32. The Kier molecular flexibility index (Phi) is 6.50. The molecule has 0 unspecified atom stereocenters. The summed E-state index contributed by atoms with van der Waals surface area (Å²) in [5.74, 6) is -6.95. The van der Waals surface area contributed by atoms with Crippen LogP contribution in [0.5, 0.6) is 5.75 Å². The first-order valence-electron chi connectivity index (χ1n) is 13.5. The Labute approximate surface area is 240 Å². The fourth-order valence-corrected chi connectivity index (χ4v) is 7.44. The van der Waals surface area contributed by atoms with E-state index in [4.69, 9.17) is 17.3 Å². The number of ketones is 2. The summed E-state index contributed by atoms with van der Waals surface area (Å²) in [5.41, 5.74) is 5.23. The van der Waals surface area contributed by atoms with Crippen LogP contribution in [0.2, 0.25) is 5.02 Å². The minimum atomic E-state index is -2.67. The number of carbonyl (C=O) groups excluding carboxylic acids is 3. The molecule has 3 aliphatic carbocycles. The first kappa shape index (κ1) is 27.5. The minimum Gasteiger partial charge on any atom is -0.508 e. The van der Waals surface area contributed by atoms with Crippen molar-refractivity contribution in [2.75, 3.05) is 13.6 Å². The van der Waals surface area contributed by atoms with Gasteiger partial charge in [0.25, 0.3) is 5.91 Å². The number of benzene rings is 2. The maximum atomic E-state index is 13.8. The third-order valence-electron chi connectivity index (χ3n) is 9.12. The van der Waals surface area contributed by atoms with Gasteiger partial charge in [0.15, 0.2) is 11.4 Å². The van der Waals surface area contributed by atoms with E-state index in [-0.39, 0.29) is 29.7 Å². The van der Waals surface area contributed by atoms with Gasteiger partial charge in [-0.15, -0.1) is 0 Å². The maximum Gasteiger partial charge on any atom is 0.255 e. The third kappa shape index (κ3) is 3.93. The van der Waals surface area contributed by atoms with Crippen LogP contribution in [0.25, 0.3) is 5.76 Å². The van der Waals surface area contributed by atoms with Crippen LogP contribution in [-0.4, -0.2) is 68.0 Å². The van der Waals surface area contributed by atoms with Crippen LogP contribution in [0.15, 0.2) is 47.2 Å². The number of aromatic hydroxyl groups is 1. The molecule has 0 radical (unpaired) electrons. The van der Waals surface area contributed by atoms with E-state index in [2.05, 4.69) is 22.3 Å². The van der Waals surface area contributed by atoms with Gasteiger partial charge in [0.1, 0.15) is 22.8 Å². The van der Waals surface area contributed by atoms with Gasteiger partial charge in [-0.3, -0.25) is 19.3 Å². The average molecular weight is 580 g/mol. The SMILES string of the molecule is CN[C@@H]1C(=O)C(C(N)=O)=C(O)[C@@]2(O)C(=O)C3=C(O)c4c(O)cc(CN5CCc6ccccc6C5)c(Cl)c4C[C@H]3C[C@@H]12. The zero-order valence-electron chi connectivity index (χ0n) is 22.3. The lowest BCUT2D eigenvalue weighted by atomic mass is 9.57. The van der Waals surface area contributed by atoms with Crippen LogP contribution in [-0.2, 0) is 40.3 Å². The van der Waals surface area contributed by atoms with Gasteiger partial charge in [0.2, 0.25) is 5.78 Å². The van der Waals surface area contributed by atoms with E-state index in [1.807, 2.05) is 12.1 Å². The Balaban J connectivity index is 1.41. The number of hydrogen-bond acceptors (Lipinski definition) is 9. The zero-order chi connectivity index (χ0) is 29.4. The van der Waals surface area contributed by atoms with Gasteiger partial charge in [-0.25, -0.2) is 0 Å². The molecular weight excluding hydrogens is 550 g/mol. The monoisotopic (exact) mass is 579 g/mol. The quantitative estimate of drug-likeness (QED) is 0.295. The molecule has 41 heavy (non-hydrogen) atoms. The lowest BCUT2D eigenvalue weighted by Gasteiger charge is -2.48. The molecule has 1 aliphatic heterocycles. The van der Waals surface area contributed by atoms with Crippen LogP contribution in [0, 0.1) is 11.8 Å². The number of amides is 1. The van der Waals surface area contributed by atoms with Crippen LogP contribution in [0.4, 0.5) is 0 Å². The normalized spacial score (nSPS) is 27.7. The highest BCUT2D eigenvalue weighted by Gasteiger charge is 2.63. The summed E-state index contributed by atoms with van der Waals surface area (Å²) in [4.78, 5) is 41.1. The number of primary amides is 1. The summed E-state index contributed by atoms with van der Waals surface area (Å²) in [7, 11) is 1.44. The summed E-state index contributed by atoms with van der Waals surface area (Å²) in [6, 6.07) is 8.52. The lowest BCUT2D eigenvalue weighted by Crippen LogP contribution is -2.65. The number of fused-ring (bicyclic) bond motifs is 4. The smallest absolute Gasteiger partial charge is 0.255 e. The first-order chi connectivity index (χ1) is 19.5. The van der Waals surface area contributed by atoms with Gasteiger partial charge in [-0.05, 0) is 60.5 Å². The molecule has 10 nitrogen and oxygen atoms in total. The molecule has 0 spiro atoms. The Hall–Kier alpha value is -3.70. The molecule has 0 aromatic heterocycles. The van der Waals surface area contributed by atoms with Crippen molar-refractivity contribution >= 4 is 34.8 Å². The highest BCUT2D eigenvalue weighted by atomic mass is 35.5. The summed E-state index contributed by atoms with van der Waals surface area (Å²) < 4.78 is 0. The van der Waals surface area contributed by atoms with Crippen molar-refractivity contribution in [3.63, 3.8) is 0 Å². The third-order valence-corrected chi connectivity index (χ3v) is 9.59. The zero-order valence-corrected chi connectivity index (χ0v) is 23.0. The average Bonchev–Trinajstić information content (AvgIpc) is 2.93. The number of likely N-dealkylation sites (N-methyl/N-ethyl adjacent to an activating group) is 1. The van der Waals surface area contributed by atoms with Crippen molar-refractivity contribution in [3.8, 4) is 5.75 Å². The highest BCUT2D eigenvalue weighted by Crippen LogP contribution is 2.53. The molecule has 1 saturated carbocycles. The standard InChI is InChI=1S/C30H30ClN3O7/c1-33-24-18-9-15-8-17-21(25(36)20(15)27(38)30(18,41)28(39)22(26(24)37)29(32)40)19(35)10-16(23(17)31)12-34-7-6-13-4-2-3-5-14(13)11-34/h2-5,10,15,18,24,33,35-36,39,41H,6-9,11-12H2,1H3,(H2,32,40)/t15-,18-,24-,30-/m0/s1. The number of nitrogens with one attached hydrogen (secondary N) is 1. The van der Waals surface area contributed by atoms with E-state index >= 15 is 0 Å².